The molecule has 0 saturated heterocycles. The molecule has 162 valence electrons. The highest BCUT2D eigenvalue weighted by Gasteiger charge is 2.29. The van der Waals surface area contributed by atoms with Gasteiger partial charge >= 0.3 is 6.18 Å². The summed E-state index contributed by atoms with van der Waals surface area (Å²) in [7, 11) is 2.09. The van der Waals surface area contributed by atoms with Gasteiger partial charge in [0.25, 0.3) is 5.69 Å². The molecule has 2 heterocycles. The Morgan fingerprint density at radius 3 is 2.29 bits per heavy atom. The van der Waals surface area contributed by atoms with Crippen LogP contribution in [0.3, 0.4) is 0 Å². The number of anilines is 1. The molecule has 0 fully saturated rings. The van der Waals surface area contributed by atoms with Crippen LogP contribution in [-0.4, -0.2) is 32.6 Å². The highest BCUT2D eigenvalue weighted by molar-refractivity contribution is 7.27. The third-order valence-corrected chi connectivity index (χ3v) is 4.43. The fourth-order valence-corrected chi connectivity index (χ4v) is 3.10. The van der Waals surface area contributed by atoms with Crippen molar-refractivity contribution in [3.05, 3.63) is 57.4 Å². The zero-order valence-corrected chi connectivity index (χ0v) is 17.0. The summed E-state index contributed by atoms with van der Waals surface area (Å²) >= 11 is 6.09. The van der Waals surface area contributed by atoms with Gasteiger partial charge in [0.15, 0.2) is 5.82 Å². The minimum absolute atomic E-state index is 0.0599. The van der Waals surface area contributed by atoms with Crippen LogP contribution in [0.15, 0.2) is 30.5 Å². The van der Waals surface area contributed by atoms with Crippen LogP contribution in [0.4, 0.5) is 33.5 Å². The zero-order chi connectivity index (χ0) is 22.9. The molecule has 0 saturated carbocycles. The van der Waals surface area contributed by atoms with Gasteiger partial charge in [-0.15, -0.1) is 9.24 Å². The summed E-state index contributed by atoms with van der Waals surface area (Å²) in [6.07, 6.45) is -3.79. The smallest absolute Gasteiger partial charge is 0.360 e. The van der Waals surface area contributed by atoms with Crippen LogP contribution in [0.5, 0.6) is 0 Å². The van der Waals surface area contributed by atoms with Crippen molar-refractivity contribution < 1.29 is 26.9 Å². The third-order valence-electron chi connectivity index (χ3n) is 3.82. The number of hydrogen-bond acceptors (Lipinski definition) is 6. The first-order chi connectivity index (χ1) is 14.5. The first-order valence-electron chi connectivity index (χ1n) is 8.20. The highest BCUT2D eigenvalue weighted by Crippen LogP contribution is 2.37. The van der Waals surface area contributed by atoms with Crippen LogP contribution in [0.25, 0.3) is 22.6 Å². The quantitative estimate of drug-likeness (QED) is 0.191. The number of pyridine rings is 1. The van der Waals surface area contributed by atoms with Gasteiger partial charge in [-0.2, -0.15) is 13.2 Å². The van der Waals surface area contributed by atoms with Crippen molar-refractivity contribution in [2.45, 2.75) is 6.18 Å². The normalized spacial score (nSPS) is 11.5. The molecular formula is C17H10ClF5N5O2P. The van der Waals surface area contributed by atoms with Gasteiger partial charge in [-0.05, 0) is 23.5 Å². The van der Waals surface area contributed by atoms with E-state index in [0.717, 1.165) is 30.5 Å². The Hall–Kier alpha value is -2.98. The second-order valence-electron chi connectivity index (χ2n) is 6.05. The summed E-state index contributed by atoms with van der Waals surface area (Å²) in [4.78, 5) is 21.6. The van der Waals surface area contributed by atoms with E-state index in [9.17, 15) is 32.1 Å². The van der Waals surface area contributed by atoms with E-state index in [1.807, 2.05) is 5.32 Å². The van der Waals surface area contributed by atoms with Gasteiger partial charge in [-0.25, -0.2) is 23.7 Å². The minimum atomic E-state index is -4.68. The number of hydrogen-bond donors (Lipinski definition) is 1. The van der Waals surface area contributed by atoms with Gasteiger partial charge in [0.1, 0.15) is 41.0 Å². The maximum absolute atomic E-state index is 14.5. The van der Waals surface area contributed by atoms with Crippen molar-refractivity contribution in [2.75, 3.05) is 11.9 Å². The number of nitrogens with one attached hydrogen (secondary N) is 1. The fourth-order valence-electron chi connectivity index (χ4n) is 2.54. The SMILES string of the molecule is O=[N+]([O-])c1ccc(-c2nc(Cl)c(-c3c(F)cc(P)cc3F)c(NCC(F)(F)F)n2)nc1. The van der Waals surface area contributed by atoms with E-state index in [1.54, 1.807) is 0 Å². The van der Waals surface area contributed by atoms with Gasteiger partial charge in [0, 0.05) is 6.07 Å². The lowest BCUT2D eigenvalue weighted by molar-refractivity contribution is -0.385. The van der Waals surface area contributed by atoms with E-state index < -0.39 is 51.4 Å². The van der Waals surface area contributed by atoms with Crippen LogP contribution < -0.4 is 10.6 Å². The summed E-state index contributed by atoms with van der Waals surface area (Å²) in [6, 6.07) is 4.12. The van der Waals surface area contributed by atoms with E-state index in [-0.39, 0.29) is 22.5 Å². The number of benzene rings is 1. The van der Waals surface area contributed by atoms with E-state index in [1.165, 1.54) is 0 Å². The molecular weight excluding hydrogens is 468 g/mol. The summed E-state index contributed by atoms with van der Waals surface area (Å²) in [5.74, 6) is -3.09. The number of rotatable bonds is 5. The predicted octanol–water partition coefficient (Wildman–Crippen LogP) is 4.52. The lowest BCUT2D eigenvalue weighted by atomic mass is 10.1. The third kappa shape index (κ3) is 5.20. The first-order valence-corrected chi connectivity index (χ1v) is 9.15. The van der Waals surface area contributed by atoms with Gasteiger partial charge < -0.3 is 5.32 Å². The second-order valence-corrected chi connectivity index (χ2v) is 7.07. The zero-order valence-electron chi connectivity index (χ0n) is 15.0. The van der Waals surface area contributed by atoms with Crippen molar-refractivity contribution in [1.82, 2.24) is 15.0 Å². The number of nitrogens with zero attached hydrogens (tertiary/aromatic N) is 4. The Morgan fingerprint density at radius 1 is 1.13 bits per heavy atom. The summed E-state index contributed by atoms with van der Waals surface area (Å²) in [5, 5.41) is 12.3. The molecule has 0 aliphatic rings. The molecule has 3 aromatic rings. The summed E-state index contributed by atoms with van der Waals surface area (Å²) in [5.41, 5.74) is -1.64. The Morgan fingerprint density at radius 2 is 1.77 bits per heavy atom. The lowest BCUT2D eigenvalue weighted by Gasteiger charge is -2.16. The Labute approximate surface area is 178 Å². The van der Waals surface area contributed by atoms with E-state index >= 15 is 0 Å². The second kappa shape index (κ2) is 8.64. The van der Waals surface area contributed by atoms with Gasteiger partial charge in [-0.3, -0.25) is 10.1 Å². The average Bonchev–Trinajstić information content (AvgIpc) is 2.66. The molecule has 14 heteroatoms. The van der Waals surface area contributed by atoms with Crippen LogP contribution in [0.2, 0.25) is 5.15 Å². The molecule has 7 nitrogen and oxygen atoms in total. The van der Waals surface area contributed by atoms with Crippen LogP contribution in [-0.2, 0) is 0 Å². The van der Waals surface area contributed by atoms with Crippen LogP contribution in [0.1, 0.15) is 0 Å². The molecule has 1 N–H and O–H groups in total. The minimum Gasteiger partial charge on any atom is -0.360 e. The standard InChI is InChI=1S/C17H10ClF5N5O2P/c18-14-13(12-9(19)3-8(31)4-10(12)20)16(25-6-17(21,22)23)27-15(26-14)11-2-1-7(5-24-11)28(29)30/h1-5H,6,31H2,(H,25,26,27). The maximum Gasteiger partial charge on any atom is 0.405 e. The van der Waals surface area contributed by atoms with Crippen molar-refractivity contribution in [2.24, 2.45) is 0 Å². The van der Waals surface area contributed by atoms with Crippen LogP contribution in [0, 0.1) is 21.7 Å². The van der Waals surface area contributed by atoms with Gasteiger partial charge in [0.05, 0.1) is 16.1 Å². The predicted molar refractivity (Wildman–Crippen MR) is 106 cm³/mol. The van der Waals surface area contributed by atoms with Gasteiger partial charge in [-0.1, -0.05) is 11.6 Å². The molecule has 0 amide bonds. The number of halogens is 6. The molecule has 1 unspecified atom stereocenters. The van der Waals surface area contributed by atoms with Gasteiger partial charge in [0.2, 0.25) is 0 Å². The molecule has 31 heavy (non-hydrogen) atoms. The molecule has 3 rings (SSSR count). The largest absolute Gasteiger partial charge is 0.405 e. The summed E-state index contributed by atoms with van der Waals surface area (Å²) in [6.45, 7) is -1.58. The molecule has 2 aromatic heterocycles. The monoisotopic (exact) mass is 477 g/mol. The number of nitro groups is 1. The van der Waals surface area contributed by atoms with Crippen molar-refractivity contribution in [3.8, 4) is 22.6 Å². The average molecular weight is 478 g/mol. The van der Waals surface area contributed by atoms with E-state index in [0.29, 0.717) is 0 Å². The lowest BCUT2D eigenvalue weighted by Crippen LogP contribution is -2.22. The Bertz CT molecular complexity index is 1140. The molecule has 0 aliphatic carbocycles. The van der Waals surface area contributed by atoms with Crippen molar-refractivity contribution in [3.63, 3.8) is 0 Å². The molecule has 0 radical (unpaired) electrons. The Kier molecular flexibility index (Phi) is 6.33. The highest BCUT2D eigenvalue weighted by atomic mass is 35.5. The van der Waals surface area contributed by atoms with E-state index in [4.69, 9.17) is 11.6 Å². The first kappa shape index (κ1) is 22.7. The maximum atomic E-state index is 14.5. The van der Waals surface area contributed by atoms with Crippen LogP contribution >= 0.6 is 20.8 Å². The number of aromatic nitrogens is 3. The molecule has 0 bridgehead atoms. The molecule has 1 aromatic carbocycles. The number of alkyl halides is 3. The molecule has 0 aliphatic heterocycles. The Balaban J connectivity index is 2.18. The summed E-state index contributed by atoms with van der Waals surface area (Å²) < 4.78 is 67.3. The molecule has 1 atom stereocenters. The van der Waals surface area contributed by atoms with Crippen molar-refractivity contribution >= 4 is 37.7 Å². The molecule has 0 spiro atoms. The fraction of sp³-hybridized carbons (Fsp3) is 0.118. The van der Waals surface area contributed by atoms with Crippen molar-refractivity contribution in [1.29, 1.82) is 0 Å². The topological polar surface area (TPSA) is 93.8 Å². The van der Waals surface area contributed by atoms with E-state index in [2.05, 4.69) is 24.2 Å².